The van der Waals surface area contributed by atoms with Gasteiger partial charge < -0.3 is 20.1 Å². The Morgan fingerprint density at radius 1 is 0.825 bits per heavy atom. The smallest absolute Gasteiger partial charge is 0.258 e. The molecule has 2 aliphatic heterocycles. The number of aliphatic imine (C=N–C) groups is 1. The van der Waals surface area contributed by atoms with Crippen LogP contribution in [0.5, 0.6) is 0 Å². The minimum Gasteiger partial charge on any atom is -0.393 e. The fourth-order valence-electron chi connectivity index (χ4n) is 8.45. The summed E-state index contributed by atoms with van der Waals surface area (Å²) in [4.78, 5) is 39.6. The Labute approximate surface area is 337 Å². The molecule has 0 spiro atoms. The third kappa shape index (κ3) is 9.72. The normalized spacial score (nSPS) is 17.7. The number of piperazine rings is 1. The summed E-state index contributed by atoms with van der Waals surface area (Å²) >= 11 is 0. The number of hydrogen-bond acceptors (Lipinski definition) is 7. The molecule has 57 heavy (non-hydrogen) atoms. The van der Waals surface area contributed by atoms with Crippen LogP contribution in [0.15, 0.2) is 89.9 Å². The van der Waals surface area contributed by atoms with E-state index in [0.29, 0.717) is 48.5 Å². The molecule has 2 amide bonds. The first kappa shape index (κ1) is 41.9. The number of nitrogens with one attached hydrogen (secondary N) is 1. The fraction of sp³-hybridized carbons (Fsp3) is 0.457. The third-order valence-corrected chi connectivity index (χ3v) is 11.2. The van der Waals surface area contributed by atoms with Gasteiger partial charge in [0.1, 0.15) is 11.7 Å². The van der Waals surface area contributed by atoms with Crippen LogP contribution in [-0.2, 0) is 11.3 Å². The molecule has 3 heterocycles. The Morgan fingerprint density at radius 2 is 1.49 bits per heavy atom. The molecule has 1 saturated heterocycles. The highest BCUT2D eigenvalue weighted by atomic mass is 19.1. The van der Waals surface area contributed by atoms with E-state index in [9.17, 15) is 24.2 Å². The molecule has 0 bridgehead atoms. The van der Waals surface area contributed by atoms with Gasteiger partial charge in [-0.15, -0.1) is 0 Å². The highest BCUT2D eigenvalue weighted by molar-refractivity contribution is 6.12. The number of halogens is 1. The Kier molecular flexibility index (Phi) is 13.8. The van der Waals surface area contributed by atoms with Crippen molar-refractivity contribution >= 4 is 23.3 Å². The molecule has 304 valence electrons. The number of aliphatic hydroxyl groups is 2. The van der Waals surface area contributed by atoms with E-state index in [1.165, 1.54) is 12.1 Å². The highest BCUT2D eigenvalue weighted by Crippen LogP contribution is 2.43. The Balaban J connectivity index is 1.24. The lowest BCUT2D eigenvalue weighted by molar-refractivity contribution is -0.129. The minimum absolute atomic E-state index is 0.00574. The molecule has 2 aliphatic rings. The van der Waals surface area contributed by atoms with Crippen LogP contribution >= 0.6 is 0 Å². The maximum Gasteiger partial charge on any atom is 0.258 e. The summed E-state index contributed by atoms with van der Waals surface area (Å²) in [6, 6.07) is 25.9. The molecule has 1 aromatic heterocycles. The highest BCUT2D eigenvalue weighted by Gasteiger charge is 2.39. The number of aromatic nitrogens is 1. The van der Waals surface area contributed by atoms with Gasteiger partial charge >= 0.3 is 0 Å². The van der Waals surface area contributed by atoms with Crippen LogP contribution in [0.3, 0.4) is 0 Å². The number of nitrogens with zero attached hydrogens (tertiary/aromatic N) is 5. The predicted octanol–water partition coefficient (Wildman–Crippen LogP) is 7.27. The zero-order valence-electron chi connectivity index (χ0n) is 34.2. The molecule has 10 nitrogen and oxygen atoms in total. The van der Waals surface area contributed by atoms with E-state index in [1.54, 1.807) is 17.0 Å². The summed E-state index contributed by atoms with van der Waals surface area (Å²) in [7, 11) is 0. The van der Waals surface area contributed by atoms with Crippen LogP contribution in [0, 0.1) is 5.82 Å². The summed E-state index contributed by atoms with van der Waals surface area (Å²) in [5.74, 6) is -0.173. The van der Waals surface area contributed by atoms with Crippen molar-refractivity contribution < 1.29 is 24.2 Å². The monoisotopic (exact) mass is 778 g/mol. The van der Waals surface area contributed by atoms with Crippen molar-refractivity contribution in [1.29, 1.82) is 0 Å². The first-order valence-corrected chi connectivity index (χ1v) is 20.5. The summed E-state index contributed by atoms with van der Waals surface area (Å²) in [5, 5.41) is 25.8. The molecule has 6 rings (SSSR count). The molecular weight excluding hydrogens is 720 g/mol. The molecule has 3 N–H and O–H groups in total. The van der Waals surface area contributed by atoms with Crippen molar-refractivity contribution in [2.45, 2.75) is 104 Å². The van der Waals surface area contributed by atoms with Crippen molar-refractivity contribution in [3.8, 4) is 22.4 Å². The van der Waals surface area contributed by atoms with Gasteiger partial charge in [-0.3, -0.25) is 29.3 Å². The Bertz CT molecular complexity index is 2000. The SMILES string of the molecule is CC(C)c1c(C(=O)Nc2ccccc2)c(-c2ccccc2)c(-c2ccc(F)cc2)n1CC[C@@H](O)C[C@@H](O)CC(=O)N1CCN=C1C1CN(C(C)C)CCN1C(C)C. The first-order chi connectivity index (χ1) is 27.3. The molecule has 3 aromatic carbocycles. The van der Waals surface area contributed by atoms with Crippen LogP contribution in [0.4, 0.5) is 10.1 Å². The predicted molar refractivity (Wildman–Crippen MR) is 226 cm³/mol. The summed E-state index contributed by atoms with van der Waals surface area (Å²) in [5.41, 5.74) is 4.95. The number of rotatable bonds is 15. The van der Waals surface area contributed by atoms with Gasteiger partial charge in [0.15, 0.2) is 0 Å². The van der Waals surface area contributed by atoms with E-state index in [2.05, 4.69) is 47.4 Å². The topological polar surface area (TPSA) is 114 Å². The number of carbonyl (C=O) groups excluding carboxylic acids is 2. The molecule has 0 saturated carbocycles. The lowest BCUT2D eigenvalue weighted by Crippen LogP contribution is -2.62. The third-order valence-electron chi connectivity index (χ3n) is 11.2. The average Bonchev–Trinajstić information content (AvgIpc) is 3.82. The van der Waals surface area contributed by atoms with Crippen LogP contribution < -0.4 is 5.32 Å². The summed E-state index contributed by atoms with van der Waals surface area (Å²) in [6.07, 6.45) is -1.88. The van der Waals surface area contributed by atoms with E-state index in [0.717, 1.165) is 48.0 Å². The number of anilines is 1. The fourth-order valence-corrected chi connectivity index (χ4v) is 8.45. The molecule has 3 atom stereocenters. The zero-order valence-corrected chi connectivity index (χ0v) is 34.2. The van der Waals surface area contributed by atoms with Gasteiger partial charge in [0.25, 0.3) is 5.91 Å². The second-order valence-electron chi connectivity index (χ2n) is 16.2. The van der Waals surface area contributed by atoms with E-state index in [-0.39, 0.29) is 48.9 Å². The molecular formula is C46H59FN6O4. The van der Waals surface area contributed by atoms with E-state index in [4.69, 9.17) is 4.99 Å². The van der Waals surface area contributed by atoms with Gasteiger partial charge in [0, 0.05) is 61.8 Å². The first-order valence-electron chi connectivity index (χ1n) is 20.5. The van der Waals surface area contributed by atoms with Gasteiger partial charge in [-0.2, -0.15) is 0 Å². The molecule has 0 aliphatic carbocycles. The van der Waals surface area contributed by atoms with Gasteiger partial charge in [-0.05, 0) is 94.0 Å². The van der Waals surface area contributed by atoms with Crippen LogP contribution in [0.25, 0.3) is 22.4 Å². The quantitative estimate of drug-likeness (QED) is 0.117. The van der Waals surface area contributed by atoms with Gasteiger partial charge in [-0.25, -0.2) is 4.39 Å². The molecule has 11 heteroatoms. The van der Waals surface area contributed by atoms with Crippen molar-refractivity contribution in [3.05, 3.63) is 102 Å². The van der Waals surface area contributed by atoms with Gasteiger partial charge in [0.2, 0.25) is 5.91 Å². The number of amides is 2. The lowest BCUT2D eigenvalue weighted by atomic mass is 9.94. The van der Waals surface area contributed by atoms with Gasteiger partial charge in [0.05, 0.1) is 42.5 Å². The molecule has 0 radical (unpaired) electrons. The maximum atomic E-state index is 14.4. The molecule has 1 fully saturated rings. The molecule has 1 unspecified atom stereocenters. The average molecular weight is 779 g/mol. The van der Waals surface area contributed by atoms with Crippen molar-refractivity contribution in [2.24, 2.45) is 4.99 Å². The van der Waals surface area contributed by atoms with Crippen LogP contribution in [-0.4, -0.2) is 110 Å². The summed E-state index contributed by atoms with van der Waals surface area (Å²) in [6.45, 7) is 16.8. The second kappa shape index (κ2) is 18.7. The van der Waals surface area contributed by atoms with E-state index in [1.807, 2.05) is 74.5 Å². The molecule has 4 aromatic rings. The van der Waals surface area contributed by atoms with Crippen LogP contribution in [0.2, 0.25) is 0 Å². The number of para-hydroxylation sites is 1. The Hall–Kier alpha value is -4.68. The standard InChI is InChI=1S/C46H59FN6O4/c1-30(2)43-42(46(57)49-36-15-11-8-12-16-36)41(33-13-9-7-10-14-33)44(34-17-19-35(47)20-18-34)53(43)23-21-37(54)27-38(55)28-40(56)52-24-22-48-45(52)39-29-50(31(3)4)25-26-51(39)32(5)6/h7-20,30-32,37-39,54-55H,21-29H2,1-6H3,(H,49,57)/t37-,38-,39?/m1/s1. The lowest BCUT2D eigenvalue weighted by Gasteiger charge is -2.46. The van der Waals surface area contributed by atoms with Crippen molar-refractivity contribution in [2.75, 3.05) is 38.0 Å². The maximum absolute atomic E-state index is 14.4. The number of hydrogen-bond donors (Lipinski definition) is 3. The number of benzene rings is 3. The van der Waals surface area contributed by atoms with E-state index < -0.39 is 12.2 Å². The van der Waals surface area contributed by atoms with Crippen molar-refractivity contribution in [3.63, 3.8) is 0 Å². The minimum atomic E-state index is -1.06. The number of amidine groups is 1. The summed E-state index contributed by atoms with van der Waals surface area (Å²) < 4.78 is 16.4. The Morgan fingerprint density at radius 3 is 2.12 bits per heavy atom. The largest absolute Gasteiger partial charge is 0.393 e. The van der Waals surface area contributed by atoms with Crippen LogP contribution in [0.1, 0.15) is 82.8 Å². The number of aliphatic hydroxyl groups excluding tert-OH is 2. The van der Waals surface area contributed by atoms with E-state index >= 15 is 0 Å². The second-order valence-corrected chi connectivity index (χ2v) is 16.2. The van der Waals surface area contributed by atoms with Gasteiger partial charge in [-0.1, -0.05) is 62.4 Å². The zero-order chi connectivity index (χ0) is 40.8. The number of carbonyl (C=O) groups is 2. The van der Waals surface area contributed by atoms with Crippen molar-refractivity contribution in [1.82, 2.24) is 19.3 Å².